The third kappa shape index (κ3) is 5.70. The maximum atomic E-state index is 13.0. The van der Waals surface area contributed by atoms with E-state index in [0.29, 0.717) is 13.1 Å². The molecule has 1 aliphatic carbocycles. The Morgan fingerprint density at radius 1 is 1.17 bits per heavy atom. The molecule has 23 heavy (non-hydrogen) atoms. The minimum atomic E-state index is -0.243. The van der Waals surface area contributed by atoms with E-state index in [1.807, 2.05) is 13.8 Å². The molecule has 1 aliphatic rings. The third-order valence-corrected chi connectivity index (χ3v) is 4.43. The summed E-state index contributed by atoms with van der Waals surface area (Å²) in [7, 11) is 0. The van der Waals surface area contributed by atoms with E-state index >= 15 is 0 Å². The zero-order valence-electron chi connectivity index (χ0n) is 14.1. The lowest BCUT2D eigenvalue weighted by atomic mass is 9.84. The van der Waals surface area contributed by atoms with Crippen molar-refractivity contribution in [3.05, 3.63) is 47.3 Å². The van der Waals surface area contributed by atoms with Crippen molar-refractivity contribution in [2.24, 2.45) is 0 Å². The molecule has 2 N–H and O–H groups in total. The molecule has 0 bridgehead atoms. The van der Waals surface area contributed by atoms with E-state index in [1.54, 1.807) is 12.1 Å². The first-order valence-electron chi connectivity index (χ1n) is 8.43. The van der Waals surface area contributed by atoms with Gasteiger partial charge >= 0.3 is 6.03 Å². The van der Waals surface area contributed by atoms with Crippen molar-refractivity contribution >= 4 is 6.03 Å². The molecule has 1 aromatic carbocycles. The summed E-state index contributed by atoms with van der Waals surface area (Å²) in [5.41, 5.74) is 2.23. The van der Waals surface area contributed by atoms with Crippen LogP contribution in [0.25, 0.3) is 0 Å². The van der Waals surface area contributed by atoms with Crippen LogP contribution in [0.2, 0.25) is 0 Å². The summed E-state index contributed by atoms with van der Waals surface area (Å²) in [5, 5.41) is 5.82. The molecule has 0 saturated carbocycles. The van der Waals surface area contributed by atoms with Crippen molar-refractivity contribution in [3.63, 3.8) is 0 Å². The first-order valence-corrected chi connectivity index (χ1v) is 8.43. The summed E-state index contributed by atoms with van der Waals surface area (Å²) in [5.74, 6) is -0.243. The van der Waals surface area contributed by atoms with Gasteiger partial charge in [0.2, 0.25) is 0 Å². The second-order valence-electron chi connectivity index (χ2n) is 6.86. The topological polar surface area (TPSA) is 41.1 Å². The van der Waals surface area contributed by atoms with Gasteiger partial charge in [0.05, 0.1) is 0 Å². The highest BCUT2D eigenvalue weighted by Crippen LogP contribution is 2.22. The zero-order valence-corrected chi connectivity index (χ0v) is 14.1. The molecule has 3 nitrogen and oxygen atoms in total. The van der Waals surface area contributed by atoms with Gasteiger partial charge in [-0.3, -0.25) is 0 Å². The highest BCUT2D eigenvalue weighted by molar-refractivity contribution is 5.73. The van der Waals surface area contributed by atoms with E-state index in [2.05, 4.69) is 16.7 Å². The Labute approximate surface area is 138 Å². The van der Waals surface area contributed by atoms with Gasteiger partial charge in [-0.15, -0.1) is 0 Å². The van der Waals surface area contributed by atoms with Crippen LogP contribution in [0.3, 0.4) is 0 Å². The van der Waals surface area contributed by atoms with Gasteiger partial charge in [0, 0.05) is 18.5 Å². The molecule has 126 valence electrons. The molecule has 0 spiro atoms. The molecule has 4 heteroatoms. The van der Waals surface area contributed by atoms with E-state index in [9.17, 15) is 9.18 Å². The van der Waals surface area contributed by atoms with E-state index in [4.69, 9.17) is 0 Å². The van der Waals surface area contributed by atoms with Gasteiger partial charge in [-0.05, 0) is 49.8 Å². The number of hydrogen-bond donors (Lipinski definition) is 2. The maximum Gasteiger partial charge on any atom is 0.314 e. The smallest absolute Gasteiger partial charge is 0.314 e. The SMILES string of the molecule is CC(C)(CNC(=O)NCCC1=CCCCC1)c1ccc(F)cc1. The Hall–Kier alpha value is -1.84. The van der Waals surface area contributed by atoms with Crippen molar-refractivity contribution in [1.29, 1.82) is 0 Å². The number of carbonyl (C=O) groups excluding carboxylic acids is 1. The molecule has 2 amide bonds. The van der Waals surface area contributed by atoms with Gasteiger partial charge in [0.15, 0.2) is 0 Å². The molecule has 0 unspecified atom stereocenters. The lowest BCUT2D eigenvalue weighted by Gasteiger charge is -2.25. The number of benzene rings is 1. The molecule has 0 aliphatic heterocycles. The molecular formula is C19H27FN2O. The van der Waals surface area contributed by atoms with Crippen molar-refractivity contribution in [1.82, 2.24) is 10.6 Å². The van der Waals surface area contributed by atoms with Gasteiger partial charge in [-0.25, -0.2) is 9.18 Å². The Kier molecular flexibility index (Phi) is 6.20. The predicted molar refractivity (Wildman–Crippen MR) is 92.0 cm³/mol. The van der Waals surface area contributed by atoms with E-state index in [1.165, 1.54) is 43.4 Å². The molecule has 0 fully saturated rings. The number of halogens is 1. The average molecular weight is 318 g/mol. The van der Waals surface area contributed by atoms with Crippen molar-refractivity contribution in [3.8, 4) is 0 Å². The van der Waals surface area contributed by atoms with Crippen molar-refractivity contribution in [2.45, 2.75) is 51.4 Å². The van der Waals surface area contributed by atoms with Crippen LogP contribution in [-0.2, 0) is 5.41 Å². The number of allylic oxidation sites excluding steroid dienone is 1. The van der Waals surface area contributed by atoms with Crippen LogP contribution in [0.5, 0.6) is 0 Å². The summed E-state index contributed by atoms with van der Waals surface area (Å²) in [6, 6.07) is 6.30. The van der Waals surface area contributed by atoms with Crippen LogP contribution in [0.1, 0.15) is 51.5 Å². The summed E-state index contributed by atoms with van der Waals surface area (Å²) >= 11 is 0. The first-order chi connectivity index (χ1) is 11.0. The summed E-state index contributed by atoms with van der Waals surface area (Å²) in [6.07, 6.45) is 8.14. The average Bonchev–Trinajstić information content (AvgIpc) is 2.54. The van der Waals surface area contributed by atoms with Crippen LogP contribution >= 0.6 is 0 Å². The lowest BCUT2D eigenvalue weighted by Crippen LogP contribution is -2.42. The summed E-state index contributed by atoms with van der Waals surface area (Å²) in [6.45, 7) is 5.25. The fourth-order valence-electron chi connectivity index (χ4n) is 2.84. The van der Waals surface area contributed by atoms with E-state index in [0.717, 1.165) is 12.0 Å². The Bertz CT molecular complexity index is 549. The lowest BCUT2D eigenvalue weighted by molar-refractivity contribution is 0.238. The fraction of sp³-hybridized carbons (Fsp3) is 0.526. The maximum absolute atomic E-state index is 13.0. The van der Waals surface area contributed by atoms with Crippen molar-refractivity contribution < 1.29 is 9.18 Å². The number of carbonyl (C=O) groups is 1. The Balaban J connectivity index is 1.72. The molecule has 0 radical (unpaired) electrons. The van der Waals surface area contributed by atoms with Gasteiger partial charge in [-0.1, -0.05) is 37.6 Å². The first kappa shape index (κ1) is 17.5. The standard InChI is InChI=1S/C19H27FN2O/c1-19(2,16-8-10-17(20)11-9-16)14-22-18(23)21-13-12-15-6-4-3-5-7-15/h6,8-11H,3-5,7,12-14H2,1-2H3,(H2,21,22,23). The Morgan fingerprint density at radius 3 is 2.57 bits per heavy atom. The number of nitrogens with one attached hydrogen (secondary N) is 2. The quantitative estimate of drug-likeness (QED) is 0.755. The van der Waals surface area contributed by atoms with Gasteiger partial charge in [-0.2, -0.15) is 0 Å². The highest BCUT2D eigenvalue weighted by Gasteiger charge is 2.21. The van der Waals surface area contributed by atoms with E-state index in [-0.39, 0.29) is 17.3 Å². The van der Waals surface area contributed by atoms with Crippen LogP contribution in [0.15, 0.2) is 35.9 Å². The zero-order chi connectivity index (χ0) is 16.7. The van der Waals surface area contributed by atoms with Crippen molar-refractivity contribution in [2.75, 3.05) is 13.1 Å². The van der Waals surface area contributed by atoms with Gasteiger partial charge in [0.1, 0.15) is 5.82 Å². The normalized spacial score (nSPS) is 15.0. The minimum Gasteiger partial charge on any atom is -0.338 e. The molecule has 0 saturated heterocycles. The highest BCUT2D eigenvalue weighted by atomic mass is 19.1. The number of urea groups is 1. The number of rotatable bonds is 6. The van der Waals surface area contributed by atoms with Gasteiger partial charge in [0.25, 0.3) is 0 Å². The molecule has 2 rings (SSSR count). The van der Waals surface area contributed by atoms with Crippen LogP contribution in [-0.4, -0.2) is 19.1 Å². The second-order valence-corrected chi connectivity index (χ2v) is 6.86. The predicted octanol–water partition coefficient (Wildman–Crippen LogP) is 4.29. The third-order valence-electron chi connectivity index (χ3n) is 4.43. The van der Waals surface area contributed by atoms with Gasteiger partial charge < -0.3 is 10.6 Å². The summed E-state index contributed by atoms with van der Waals surface area (Å²) < 4.78 is 13.0. The van der Waals surface area contributed by atoms with Crippen LogP contribution in [0.4, 0.5) is 9.18 Å². The summed E-state index contributed by atoms with van der Waals surface area (Å²) in [4.78, 5) is 11.9. The van der Waals surface area contributed by atoms with Crippen LogP contribution < -0.4 is 10.6 Å². The minimum absolute atomic E-state index is 0.142. The molecule has 1 aromatic rings. The number of hydrogen-bond acceptors (Lipinski definition) is 1. The van der Waals surface area contributed by atoms with Crippen LogP contribution in [0, 0.1) is 5.82 Å². The fourth-order valence-corrected chi connectivity index (χ4v) is 2.84. The Morgan fingerprint density at radius 2 is 1.91 bits per heavy atom. The number of amides is 2. The monoisotopic (exact) mass is 318 g/mol. The molecule has 0 aromatic heterocycles. The second kappa shape index (κ2) is 8.14. The molecular weight excluding hydrogens is 291 g/mol. The molecule has 0 atom stereocenters. The largest absolute Gasteiger partial charge is 0.338 e. The van der Waals surface area contributed by atoms with E-state index < -0.39 is 0 Å². The molecule has 0 heterocycles.